The summed E-state index contributed by atoms with van der Waals surface area (Å²) in [6.07, 6.45) is -1.52. The summed E-state index contributed by atoms with van der Waals surface area (Å²) in [5.41, 5.74) is 0.225. The van der Waals surface area contributed by atoms with E-state index in [-0.39, 0.29) is 11.6 Å². The summed E-state index contributed by atoms with van der Waals surface area (Å²) in [5.74, 6) is -1.76. The Morgan fingerprint density at radius 1 is 1.13 bits per heavy atom. The molecule has 0 heterocycles. The van der Waals surface area contributed by atoms with E-state index in [0.717, 1.165) is 17.9 Å². The highest BCUT2D eigenvalue weighted by Crippen LogP contribution is 2.25. The molecule has 1 saturated carbocycles. The minimum atomic E-state index is -4.60. The second-order valence-electron chi connectivity index (χ2n) is 5.22. The zero-order chi connectivity index (χ0) is 16.9. The second-order valence-corrected chi connectivity index (χ2v) is 5.22. The van der Waals surface area contributed by atoms with E-state index >= 15 is 0 Å². The van der Waals surface area contributed by atoms with Gasteiger partial charge in [0.25, 0.3) is 5.91 Å². The highest BCUT2D eigenvalue weighted by Gasteiger charge is 2.31. The molecule has 1 aliphatic rings. The number of alkyl halides is 3. The lowest BCUT2D eigenvalue weighted by atomic mass is 10.2. The fourth-order valence-electron chi connectivity index (χ4n) is 2.39. The number of benzene rings is 1. The van der Waals surface area contributed by atoms with Crippen molar-refractivity contribution in [1.82, 2.24) is 5.06 Å². The molecule has 0 unspecified atom stereocenters. The van der Waals surface area contributed by atoms with Gasteiger partial charge >= 0.3 is 12.1 Å². The number of carbonyl (C=O) groups excluding carboxylic acids is 2. The zero-order valence-corrected chi connectivity index (χ0v) is 12.3. The van der Waals surface area contributed by atoms with Gasteiger partial charge in [-0.15, -0.1) is 0 Å². The molecule has 0 N–H and O–H groups in total. The third kappa shape index (κ3) is 5.12. The first-order valence-corrected chi connectivity index (χ1v) is 7.23. The van der Waals surface area contributed by atoms with Crippen LogP contribution in [0.4, 0.5) is 13.2 Å². The van der Waals surface area contributed by atoms with Gasteiger partial charge in [-0.2, -0.15) is 18.2 Å². The fourth-order valence-corrected chi connectivity index (χ4v) is 2.39. The molecule has 1 aliphatic carbocycles. The first-order chi connectivity index (χ1) is 10.9. The lowest BCUT2D eigenvalue weighted by molar-refractivity contribution is -0.172. The van der Waals surface area contributed by atoms with Crippen LogP contribution in [0.2, 0.25) is 0 Å². The number of allylic oxidation sites excluding steroid dienone is 1. The van der Waals surface area contributed by atoms with Crippen LogP contribution in [0, 0.1) is 0 Å². The summed E-state index contributed by atoms with van der Waals surface area (Å²) in [4.78, 5) is 29.1. The highest BCUT2D eigenvalue weighted by molar-refractivity contribution is 5.92. The normalized spacial score (nSPS) is 15.8. The number of carbonyl (C=O) groups is 2. The Bertz CT molecular complexity index is 578. The van der Waals surface area contributed by atoms with E-state index in [1.807, 2.05) is 0 Å². The van der Waals surface area contributed by atoms with Gasteiger partial charge in [-0.3, -0.25) is 4.79 Å². The summed E-state index contributed by atoms with van der Waals surface area (Å²) in [6, 6.07) is 7.58. The maximum atomic E-state index is 12.2. The molecule has 0 aliphatic heterocycles. The smallest absolute Gasteiger partial charge is 0.332 e. The van der Waals surface area contributed by atoms with E-state index in [4.69, 9.17) is 4.84 Å². The summed E-state index contributed by atoms with van der Waals surface area (Å²) < 4.78 is 36.7. The van der Waals surface area contributed by atoms with Crippen molar-refractivity contribution >= 4 is 11.9 Å². The maximum Gasteiger partial charge on any atom is 0.409 e. The average molecular weight is 327 g/mol. The zero-order valence-electron chi connectivity index (χ0n) is 12.3. The van der Waals surface area contributed by atoms with Crippen molar-refractivity contribution in [2.45, 2.75) is 37.9 Å². The van der Waals surface area contributed by atoms with Crippen LogP contribution in [0.1, 0.15) is 36.0 Å². The van der Waals surface area contributed by atoms with E-state index < -0.39 is 24.1 Å². The van der Waals surface area contributed by atoms with Gasteiger partial charge in [0.2, 0.25) is 0 Å². The predicted molar refractivity (Wildman–Crippen MR) is 76.2 cm³/mol. The van der Waals surface area contributed by atoms with Crippen LogP contribution in [0.25, 0.3) is 0 Å². The summed E-state index contributed by atoms with van der Waals surface area (Å²) in [6.45, 7) is 0. The standard InChI is InChI=1S/C16H16F3NO3/c17-16(18,19)11-10-14(21)20(13-8-4-5-9-13)23-15(22)12-6-2-1-3-7-12/h1-3,6-7,10-11,13H,4-5,8-9H2/b11-10+. The third-order valence-electron chi connectivity index (χ3n) is 3.48. The molecule has 0 radical (unpaired) electrons. The molecular weight excluding hydrogens is 311 g/mol. The van der Waals surface area contributed by atoms with Gasteiger partial charge in [0.15, 0.2) is 0 Å². The molecule has 0 saturated heterocycles. The number of hydroxylamine groups is 2. The molecule has 1 fully saturated rings. The van der Waals surface area contributed by atoms with Crippen molar-refractivity contribution in [3.05, 3.63) is 48.0 Å². The second kappa shape index (κ2) is 7.30. The molecule has 1 amide bonds. The number of halogens is 3. The van der Waals surface area contributed by atoms with Crippen LogP contribution in [-0.4, -0.2) is 29.2 Å². The molecule has 0 atom stereocenters. The van der Waals surface area contributed by atoms with Crippen molar-refractivity contribution in [2.24, 2.45) is 0 Å². The number of hydrogen-bond donors (Lipinski definition) is 0. The number of amides is 1. The van der Waals surface area contributed by atoms with Gasteiger partial charge in [-0.05, 0) is 25.0 Å². The first kappa shape index (κ1) is 17.1. The Labute approximate surface area is 131 Å². The number of nitrogens with zero attached hydrogens (tertiary/aromatic N) is 1. The molecular formula is C16H16F3NO3. The quantitative estimate of drug-likeness (QED) is 0.629. The van der Waals surface area contributed by atoms with E-state index in [1.54, 1.807) is 18.2 Å². The van der Waals surface area contributed by atoms with Gasteiger partial charge in [0.1, 0.15) is 0 Å². The summed E-state index contributed by atoms with van der Waals surface area (Å²) in [5, 5.41) is 0.768. The van der Waals surface area contributed by atoms with Gasteiger partial charge in [-0.1, -0.05) is 31.0 Å². The van der Waals surface area contributed by atoms with Crippen molar-refractivity contribution in [1.29, 1.82) is 0 Å². The van der Waals surface area contributed by atoms with Gasteiger partial charge < -0.3 is 4.84 Å². The first-order valence-electron chi connectivity index (χ1n) is 7.23. The molecule has 0 aromatic heterocycles. The van der Waals surface area contributed by atoms with Gasteiger partial charge in [0.05, 0.1) is 11.6 Å². The van der Waals surface area contributed by atoms with Crippen LogP contribution in [0.15, 0.2) is 42.5 Å². The van der Waals surface area contributed by atoms with Crippen LogP contribution in [0.5, 0.6) is 0 Å². The Kier molecular flexibility index (Phi) is 5.41. The minimum absolute atomic E-state index is 0.159. The van der Waals surface area contributed by atoms with E-state index in [2.05, 4.69) is 0 Å². The van der Waals surface area contributed by atoms with Crippen LogP contribution < -0.4 is 0 Å². The predicted octanol–water partition coefficient (Wildman–Crippen LogP) is 3.65. The Hall–Kier alpha value is -2.31. The third-order valence-corrected chi connectivity index (χ3v) is 3.48. The molecule has 7 heteroatoms. The molecule has 0 bridgehead atoms. The Morgan fingerprint density at radius 3 is 2.30 bits per heavy atom. The van der Waals surface area contributed by atoms with Crippen LogP contribution >= 0.6 is 0 Å². The van der Waals surface area contributed by atoms with Gasteiger partial charge in [-0.25, -0.2) is 4.79 Å². The topological polar surface area (TPSA) is 46.6 Å². The molecule has 1 aromatic rings. The van der Waals surface area contributed by atoms with Gasteiger partial charge in [0, 0.05) is 12.2 Å². The fraction of sp³-hybridized carbons (Fsp3) is 0.375. The minimum Gasteiger partial charge on any atom is -0.332 e. The highest BCUT2D eigenvalue weighted by atomic mass is 19.4. The maximum absolute atomic E-state index is 12.2. The van der Waals surface area contributed by atoms with Crippen LogP contribution in [-0.2, 0) is 9.63 Å². The van der Waals surface area contributed by atoms with Crippen molar-refractivity contribution in [3.8, 4) is 0 Å². The molecule has 23 heavy (non-hydrogen) atoms. The molecule has 0 spiro atoms. The monoisotopic (exact) mass is 327 g/mol. The number of hydrogen-bond acceptors (Lipinski definition) is 3. The lowest BCUT2D eigenvalue weighted by Gasteiger charge is -2.25. The summed E-state index contributed by atoms with van der Waals surface area (Å²) in [7, 11) is 0. The van der Waals surface area contributed by atoms with E-state index in [0.29, 0.717) is 18.9 Å². The SMILES string of the molecule is O=C(ON(C(=O)/C=C/C(F)(F)F)C1CCCC1)c1ccccc1. The largest absolute Gasteiger partial charge is 0.409 e. The molecule has 1 aromatic carbocycles. The average Bonchev–Trinajstić information content (AvgIpc) is 3.04. The van der Waals surface area contributed by atoms with Crippen LogP contribution in [0.3, 0.4) is 0 Å². The lowest BCUT2D eigenvalue weighted by Crippen LogP contribution is -2.39. The number of rotatable bonds is 3. The molecule has 124 valence electrons. The van der Waals surface area contributed by atoms with Crippen molar-refractivity contribution < 1.29 is 27.6 Å². The van der Waals surface area contributed by atoms with Crippen molar-refractivity contribution in [2.75, 3.05) is 0 Å². The Balaban J connectivity index is 2.13. The van der Waals surface area contributed by atoms with E-state index in [1.165, 1.54) is 12.1 Å². The molecule has 4 nitrogen and oxygen atoms in total. The Morgan fingerprint density at radius 2 is 1.74 bits per heavy atom. The van der Waals surface area contributed by atoms with Crippen molar-refractivity contribution in [3.63, 3.8) is 0 Å². The molecule has 2 rings (SSSR count). The van der Waals surface area contributed by atoms with E-state index in [9.17, 15) is 22.8 Å². The summed E-state index contributed by atoms with van der Waals surface area (Å²) >= 11 is 0.